The average Bonchev–Trinajstić information content (AvgIpc) is 2.45. The monoisotopic (exact) mass is 258 g/mol. The molecule has 0 aliphatic carbocycles. The van der Waals surface area contributed by atoms with Crippen molar-refractivity contribution in [3.8, 4) is 5.75 Å². The fourth-order valence-electron chi connectivity index (χ4n) is 1.60. The molecule has 0 fully saturated rings. The minimum atomic E-state index is 0.472. The molecule has 0 unspecified atom stereocenters. The maximum atomic E-state index is 11.0. The molecule has 0 heterocycles. The summed E-state index contributed by atoms with van der Waals surface area (Å²) in [5.74, 6) is 0.640. The van der Waals surface area contributed by atoms with Gasteiger partial charge in [-0.05, 0) is 30.0 Å². The molecule has 2 aromatic rings. The summed E-state index contributed by atoms with van der Waals surface area (Å²) in [5.41, 5.74) is 1.67. The number of ether oxygens (including phenoxy) is 1. The second-order valence-electron chi connectivity index (χ2n) is 3.80. The molecule has 2 aromatic carbocycles. The number of aldehydes is 1. The quantitative estimate of drug-likeness (QED) is 0.602. The molecule has 92 valence electrons. The fraction of sp³-hybridized carbons (Fsp3) is 0.133. The number of rotatable bonds is 5. The summed E-state index contributed by atoms with van der Waals surface area (Å²) in [6, 6.07) is 15.5. The third kappa shape index (κ3) is 3.14. The van der Waals surface area contributed by atoms with E-state index in [-0.39, 0.29) is 0 Å². The Morgan fingerprint density at radius 3 is 2.61 bits per heavy atom. The molecule has 0 radical (unpaired) electrons. The van der Waals surface area contributed by atoms with Crippen LogP contribution in [0.3, 0.4) is 0 Å². The molecule has 2 rings (SSSR count). The molecule has 0 atom stereocenters. The molecule has 0 saturated carbocycles. The van der Waals surface area contributed by atoms with E-state index in [2.05, 4.69) is 0 Å². The van der Waals surface area contributed by atoms with Gasteiger partial charge < -0.3 is 4.74 Å². The fourth-order valence-corrected chi connectivity index (χ4v) is 2.03. The molecule has 0 bridgehead atoms. The van der Waals surface area contributed by atoms with Gasteiger partial charge in [-0.2, -0.15) is 0 Å². The van der Waals surface area contributed by atoms with E-state index in [9.17, 15) is 4.79 Å². The second kappa shape index (κ2) is 6.26. The van der Waals surface area contributed by atoms with Crippen molar-refractivity contribution in [3.63, 3.8) is 0 Å². The highest BCUT2D eigenvalue weighted by atomic mass is 32.2. The van der Waals surface area contributed by atoms with Gasteiger partial charge >= 0.3 is 0 Å². The Morgan fingerprint density at radius 1 is 1.17 bits per heavy atom. The molecule has 0 aliphatic heterocycles. The van der Waals surface area contributed by atoms with Crippen LogP contribution in [0.5, 0.6) is 5.75 Å². The molecular formula is C15H14O2S. The Labute approximate surface area is 111 Å². The maximum Gasteiger partial charge on any atom is 0.153 e. The summed E-state index contributed by atoms with van der Waals surface area (Å²) in [7, 11) is 0. The molecule has 0 spiro atoms. The molecule has 0 aromatic heterocycles. The third-order valence-electron chi connectivity index (χ3n) is 2.58. The minimum Gasteiger partial charge on any atom is -0.488 e. The van der Waals surface area contributed by atoms with Crippen molar-refractivity contribution in [3.05, 3.63) is 59.7 Å². The highest BCUT2D eigenvalue weighted by Gasteiger charge is 2.04. The van der Waals surface area contributed by atoms with E-state index < -0.39 is 0 Å². The van der Waals surface area contributed by atoms with E-state index in [4.69, 9.17) is 4.74 Å². The molecule has 18 heavy (non-hydrogen) atoms. The zero-order valence-electron chi connectivity index (χ0n) is 10.1. The summed E-state index contributed by atoms with van der Waals surface area (Å²) < 4.78 is 5.71. The van der Waals surface area contributed by atoms with E-state index in [1.54, 1.807) is 17.8 Å². The largest absolute Gasteiger partial charge is 0.488 e. The molecule has 2 nitrogen and oxygen atoms in total. The Kier molecular flexibility index (Phi) is 4.42. The van der Waals surface area contributed by atoms with Crippen molar-refractivity contribution in [2.75, 3.05) is 6.26 Å². The van der Waals surface area contributed by atoms with Gasteiger partial charge in [-0.3, -0.25) is 4.79 Å². The predicted octanol–water partition coefficient (Wildman–Crippen LogP) is 3.80. The lowest BCUT2D eigenvalue weighted by atomic mass is 10.2. The SMILES string of the molecule is CSc1ccc(C=O)c(OCc2ccccc2)c1. The summed E-state index contributed by atoms with van der Waals surface area (Å²) in [6.45, 7) is 0.472. The van der Waals surface area contributed by atoms with Gasteiger partial charge in [0.15, 0.2) is 6.29 Å². The standard InChI is InChI=1S/C15H14O2S/c1-18-14-8-7-13(10-16)15(9-14)17-11-12-5-3-2-4-6-12/h2-10H,11H2,1H3. The van der Waals surface area contributed by atoms with Gasteiger partial charge in [0.05, 0.1) is 5.56 Å². The van der Waals surface area contributed by atoms with Crippen LogP contribution in [0.4, 0.5) is 0 Å². The zero-order chi connectivity index (χ0) is 12.8. The Balaban J connectivity index is 2.15. The molecule has 0 aliphatic rings. The number of thioether (sulfide) groups is 1. The van der Waals surface area contributed by atoms with Crippen molar-refractivity contribution in [1.82, 2.24) is 0 Å². The average molecular weight is 258 g/mol. The van der Waals surface area contributed by atoms with Crippen molar-refractivity contribution in [2.45, 2.75) is 11.5 Å². The summed E-state index contributed by atoms with van der Waals surface area (Å²) in [6.07, 6.45) is 2.82. The first-order valence-corrected chi connectivity index (χ1v) is 6.86. The normalized spacial score (nSPS) is 10.1. The van der Waals surface area contributed by atoms with Crippen LogP contribution in [0.1, 0.15) is 15.9 Å². The topological polar surface area (TPSA) is 26.3 Å². The van der Waals surface area contributed by atoms with Gasteiger partial charge in [0, 0.05) is 4.90 Å². The lowest BCUT2D eigenvalue weighted by Crippen LogP contribution is -1.98. The highest BCUT2D eigenvalue weighted by Crippen LogP contribution is 2.25. The maximum absolute atomic E-state index is 11.0. The molecule has 0 saturated heterocycles. The zero-order valence-corrected chi connectivity index (χ0v) is 10.9. The third-order valence-corrected chi connectivity index (χ3v) is 3.31. The van der Waals surface area contributed by atoms with Crippen LogP contribution >= 0.6 is 11.8 Å². The first-order valence-electron chi connectivity index (χ1n) is 5.63. The van der Waals surface area contributed by atoms with Crippen molar-refractivity contribution < 1.29 is 9.53 Å². The van der Waals surface area contributed by atoms with Crippen molar-refractivity contribution >= 4 is 18.0 Å². The number of hydrogen-bond acceptors (Lipinski definition) is 3. The van der Waals surface area contributed by atoms with Crippen LogP contribution < -0.4 is 4.74 Å². The van der Waals surface area contributed by atoms with Crippen LogP contribution in [0.2, 0.25) is 0 Å². The highest BCUT2D eigenvalue weighted by molar-refractivity contribution is 7.98. The van der Waals surface area contributed by atoms with Gasteiger partial charge in [-0.25, -0.2) is 0 Å². The van der Waals surface area contributed by atoms with Crippen LogP contribution in [0.15, 0.2) is 53.4 Å². The van der Waals surface area contributed by atoms with Crippen molar-refractivity contribution in [1.29, 1.82) is 0 Å². The predicted molar refractivity (Wildman–Crippen MR) is 74.4 cm³/mol. The number of benzene rings is 2. The van der Waals surface area contributed by atoms with Gasteiger partial charge in [0.2, 0.25) is 0 Å². The minimum absolute atomic E-state index is 0.472. The number of hydrogen-bond donors (Lipinski definition) is 0. The Hall–Kier alpha value is -1.74. The van der Waals surface area contributed by atoms with E-state index >= 15 is 0 Å². The summed E-state index contributed by atoms with van der Waals surface area (Å²) in [5, 5.41) is 0. The van der Waals surface area contributed by atoms with E-state index in [1.807, 2.05) is 48.7 Å². The lowest BCUT2D eigenvalue weighted by molar-refractivity contribution is 0.111. The van der Waals surface area contributed by atoms with Crippen molar-refractivity contribution in [2.24, 2.45) is 0 Å². The molecule has 3 heteroatoms. The molecular weight excluding hydrogens is 244 g/mol. The first-order chi connectivity index (χ1) is 8.83. The Morgan fingerprint density at radius 2 is 1.94 bits per heavy atom. The second-order valence-corrected chi connectivity index (χ2v) is 4.68. The van der Waals surface area contributed by atoms with E-state index in [1.165, 1.54) is 0 Å². The lowest BCUT2D eigenvalue weighted by Gasteiger charge is -2.09. The summed E-state index contributed by atoms with van der Waals surface area (Å²) >= 11 is 1.63. The van der Waals surface area contributed by atoms with E-state index in [0.717, 1.165) is 16.7 Å². The first kappa shape index (κ1) is 12.7. The van der Waals surface area contributed by atoms with Gasteiger partial charge in [-0.15, -0.1) is 11.8 Å². The van der Waals surface area contributed by atoms with Crippen LogP contribution in [0, 0.1) is 0 Å². The molecule has 0 amide bonds. The van der Waals surface area contributed by atoms with Crippen LogP contribution in [-0.2, 0) is 6.61 Å². The number of carbonyl (C=O) groups is 1. The Bertz CT molecular complexity index is 523. The van der Waals surface area contributed by atoms with Gasteiger partial charge in [0.1, 0.15) is 12.4 Å². The van der Waals surface area contributed by atoms with Gasteiger partial charge in [-0.1, -0.05) is 30.3 Å². The summed E-state index contributed by atoms with van der Waals surface area (Å²) in [4.78, 5) is 12.0. The van der Waals surface area contributed by atoms with Gasteiger partial charge in [0.25, 0.3) is 0 Å². The van der Waals surface area contributed by atoms with Crippen LogP contribution in [-0.4, -0.2) is 12.5 Å². The smallest absolute Gasteiger partial charge is 0.153 e. The van der Waals surface area contributed by atoms with Crippen LogP contribution in [0.25, 0.3) is 0 Å². The van der Waals surface area contributed by atoms with E-state index in [0.29, 0.717) is 17.9 Å². The number of carbonyl (C=O) groups excluding carboxylic acids is 1. The molecule has 0 N–H and O–H groups in total.